The molecule has 0 bridgehead atoms. The van der Waals surface area contributed by atoms with Crippen LogP contribution in [0.2, 0.25) is 0 Å². The molecular formula is C18H17N5O2S. The lowest BCUT2D eigenvalue weighted by Crippen LogP contribution is -2.40. The number of carbonyl (C=O) groups is 2. The third-order valence-electron chi connectivity index (χ3n) is 3.63. The molecule has 1 N–H and O–H groups in total. The molecule has 2 aromatic heterocycles. The molecule has 2 amide bonds. The molecule has 0 aliphatic carbocycles. The molecule has 0 aliphatic rings. The maximum absolute atomic E-state index is 12.6. The number of hydrogen-bond donors (Lipinski definition) is 1. The van der Waals surface area contributed by atoms with Gasteiger partial charge < -0.3 is 10.2 Å². The standard InChI is InChI=1S/C18H17N5O2S/c24-17(20-10-14-5-2-1-3-6-14)12-23(11-15-7-4-8-19-9-15)18(25)16-13-26-22-21-16/h1-9,13H,10-12H2,(H,20,24). The predicted octanol–water partition coefficient (Wildman–Crippen LogP) is 1.89. The van der Waals surface area contributed by atoms with Crippen molar-refractivity contribution in [2.24, 2.45) is 0 Å². The minimum absolute atomic E-state index is 0.0713. The third kappa shape index (κ3) is 4.93. The molecule has 0 radical (unpaired) electrons. The van der Waals surface area contributed by atoms with Gasteiger partial charge >= 0.3 is 0 Å². The van der Waals surface area contributed by atoms with Gasteiger partial charge in [0.05, 0.1) is 0 Å². The first-order chi connectivity index (χ1) is 12.7. The summed E-state index contributed by atoms with van der Waals surface area (Å²) in [5, 5.41) is 8.21. The summed E-state index contributed by atoms with van der Waals surface area (Å²) in [7, 11) is 0. The van der Waals surface area contributed by atoms with Crippen molar-refractivity contribution in [1.29, 1.82) is 0 Å². The maximum Gasteiger partial charge on any atom is 0.276 e. The van der Waals surface area contributed by atoms with E-state index in [1.54, 1.807) is 23.8 Å². The molecule has 0 atom stereocenters. The van der Waals surface area contributed by atoms with Crippen LogP contribution in [-0.4, -0.2) is 37.8 Å². The largest absolute Gasteiger partial charge is 0.350 e. The van der Waals surface area contributed by atoms with E-state index in [0.29, 0.717) is 6.54 Å². The van der Waals surface area contributed by atoms with Gasteiger partial charge in [-0.1, -0.05) is 40.9 Å². The summed E-state index contributed by atoms with van der Waals surface area (Å²) in [5.74, 6) is -0.577. The highest BCUT2D eigenvalue weighted by atomic mass is 32.1. The predicted molar refractivity (Wildman–Crippen MR) is 97.2 cm³/mol. The first-order valence-corrected chi connectivity index (χ1v) is 8.82. The number of carbonyl (C=O) groups excluding carboxylic acids is 2. The summed E-state index contributed by atoms with van der Waals surface area (Å²) in [5.41, 5.74) is 2.06. The van der Waals surface area contributed by atoms with Gasteiger partial charge in [0.1, 0.15) is 6.54 Å². The van der Waals surface area contributed by atoms with Crippen molar-refractivity contribution < 1.29 is 9.59 Å². The molecule has 1 aromatic carbocycles. The Hall–Kier alpha value is -3.13. The van der Waals surface area contributed by atoms with E-state index in [1.165, 1.54) is 4.90 Å². The Balaban J connectivity index is 1.66. The van der Waals surface area contributed by atoms with Crippen LogP contribution in [0.4, 0.5) is 0 Å². The van der Waals surface area contributed by atoms with Crippen molar-refractivity contribution in [1.82, 2.24) is 24.8 Å². The maximum atomic E-state index is 12.6. The molecule has 0 spiro atoms. The second-order valence-electron chi connectivity index (χ2n) is 5.57. The van der Waals surface area contributed by atoms with E-state index in [-0.39, 0.29) is 30.6 Å². The lowest BCUT2D eigenvalue weighted by atomic mass is 10.2. The summed E-state index contributed by atoms with van der Waals surface area (Å²) in [6, 6.07) is 13.2. The molecule has 8 heteroatoms. The van der Waals surface area contributed by atoms with Crippen LogP contribution < -0.4 is 5.32 Å². The van der Waals surface area contributed by atoms with Gasteiger partial charge in [0.2, 0.25) is 5.91 Å². The monoisotopic (exact) mass is 367 g/mol. The van der Waals surface area contributed by atoms with Crippen LogP contribution in [0.25, 0.3) is 0 Å². The van der Waals surface area contributed by atoms with Crippen LogP contribution in [0.5, 0.6) is 0 Å². The highest BCUT2D eigenvalue weighted by Gasteiger charge is 2.21. The number of aromatic nitrogens is 3. The molecule has 3 rings (SSSR count). The topological polar surface area (TPSA) is 88.1 Å². The van der Waals surface area contributed by atoms with Crippen LogP contribution >= 0.6 is 11.5 Å². The SMILES string of the molecule is O=C(CN(Cc1cccnc1)C(=O)c1csnn1)NCc1ccccc1. The summed E-state index contributed by atoms with van der Waals surface area (Å²) in [6.45, 7) is 0.605. The fourth-order valence-corrected chi connectivity index (χ4v) is 2.79. The van der Waals surface area contributed by atoms with Gasteiger partial charge in [-0.3, -0.25) is 14.6 Å². The first-order valence-electron chi connectivity index (χ1n) is 7.98. The van der Waals surface area contributed by atoms with Crippen LogP contribution in [0.1, 0.15) is 21.6 Å². The van der Waals surface area contributed by atoms with Gasteiger partial charge in [-0.15, -0.1) is 5.10 Å². The van der Waals surface area contributed by atoms with Crippen LogP contribution in [0.15, 0.2) is 60.2 Å². The molecule has 26 heavy (non-hydrogen) atoms. The van der Waals surface area contributed by atoms with E-state index in [9.17, 15) is 9.59 Å². The van der Waals surface area contributed by atoms with E-state index in [1.807, 2.05) is 36.4 Å². The first kappa shape index (κ1) is 17.7. The molecule has 0 aliphatic heterocycles. The Morgan fingerprint density at radius 2 is 1.88 bits per heavy atom. The minimum atomic E-state index is -0.336. The summed E-state index contributed by atoms with van der Waals surface area (Å²) in [4.78, 5) is 30.5. The fourth-order valence-electron chi connectivity index (χ4n) is 2.36. The van der Waals surface area contributed by atoms with Gasteiger partial charge in [-0.25, -0.2) is 0 Å². The number of nitrogens with zero attached hydrogens (tertiary/aromatic N) is 4. The highest BCUT2D eigenvalue weighted by Crippen LogP contribution is 2.09. The Labute approximate surface area is 154 Å². The lowest BCUT2D eigenvalue weighted by Gasteiger charge is -2.21. The van der Waals surface area contributed by atoms with Crippen molar-refractivity contribution in [2.75, 3.05) is 6.54 Å². The molecule has 132 valence electrons. The number of amides is 2. The normalized spacial score (nSPS) is 10.3. The van der Waals surface area contributed by atoms with Crippen LogP contribution in [-0.2, 0) is 17.9 Å². The average Bonchev–Trinajstić information content (AvgIpc) is 3.22. The highest BCUT2D eigenvalue weighted by molar-refractivity contribution is 7.03. The van der Waals surface area contributed by atoms with E-state index in [0.717, 1.165) is 22.7 Å². The fraction of sp³-hybridized carbons (Fsp3) is 0.167. The summed E-state index contributed by atoms with van der Waals surface area (Å²) < 4.78 is 3.72. The van der Waals surface area contributed by atoms with Crippen LogP contribution in [0, 0.1) is 0 Å². The van der Waals surface area contributed by atoms with Crippen molar-refractivity contribution in [3.8, 4) is 0 Å². The number of benzene rings is 1. The number of hydrogen-bond acceptors (Lipinski definition) is 6. The molecule has 7 nitrogen and oxygen atoms in total. The Morgan fingerprint density at radius 3 is 2.58 bits per heavy atom. The van der Waals surface area contributed by atoms with Crippen LogP contribution in [0.3, 0.4) is 0 Å². The van der Waals surface area contributed by atoms with Gasteiger partial charge in [0.25, 0.3) is 5.91 Å². The number of nitrogens with one attached hydrogen (secondary N) is 1. The molecule has 0 unspecified atom stereocenters. The lowest BCUT2D eigenvalue weighted by molar-refractivity contribution is -0.122. The van der Waals surface area contributed by atoms with E-state index < -0.39 is 0 Å². The average molecular weight is 367 g/mol. The Morgan fingerprint density at radius 1 is 1.08 bits per heavy atom. The second kappa shape index (κ2) is 8.82. The summed E-state index contributed by atoms with van der Waals surface area (Å²) in [6.07, 6.45) is 3.33. The molecular weight excluding hydrogens is 350 g/mol. The molecule has 0 saturated carbocycles. The van der Waals surface area contributed by atoms with Gasteiger partial charge in [-0.05, 0) is 28.7 Å². The van der Waals surface area contributed by atoms with E-state index >= 15 is 0 Å². The zero-order valence-electron chi connectivity index (χ0n) is 13.9. The molecule has 0 fully saturated rings. The van der Waals surface area contributed by atoms with Crippen molar-refractivity contribution in [3.63, 3.8) is 0 Å². The minimum Gasteiger partial charge on any atom is -0.350 e. The molecule has 0 saturated heterocycles. The summed E-state index contributed by atoms with van der Waals surface area (Å²) >= 11 is 1.10. The third-order valence-corrected chi connectivity index (χ3v) is 4.13. The van der Waals surface area contributed by atoms with Crippen molar-refractivity contribution in [2.45, 2.75) is 13.1 Å². The zero-order valence-corrected chi connectivity index (χ0v) is 14.7. The zero-order chi connectivity index (χ0) is 18.2. The molecule has 2 heterocycles. The Kier molecular flexibility index (Phi) is 6.00. The quantitative estimate of drug-likeness (QED) is 0.689. The van der Waals surface area contributed by atoms with E-state index in [2.05, 4.69) is 19.9 Å². The van der Waals surface area contributed by atoms with Gasteiger partial charge in [0.15, 0.2) is 5.69 Å². The Bertz CT molecular complexity index is 841. The second-order valence-corrected chi connectivity index (χ2v) is 6.18. The smallest absolute Gasteiger partial charge is 0.276 e. The van der Waals surface area contributed by atoms with Gasteiger partial charge in [0, 0.05) is 30.9 Å². The molecule has 3 aromatic rings. The van der Waals surface area contributed by atoms with E-state index in [4.69, 9.17) is 0 Å². The number of pyridine rings is 1. The van der Waals surface area contributed by atoms with Crippen molar-refractivity contribution >= 4 is 23.3 Å². The van der Waals surface area contributed by atoms with Crippen molar-refractivity contribution in [3.05, 3.63) is 77.1 Å². The van der Waals surface area contributed by atoms with Gasteiger partial charge in [-0.2, -0.15) is 0 Å². The number of rotatable bonds is 7.